The molecule has 0 radical (unpaired) electrons. The third kappa shape index (κ3) is 4.40. The monoisotopic (exact) mass is 434 g/mol. The number of amides is 1. The lowest BCUT2D eigenvalue weighted by Gasteiger charge is -2.35. The van der Waals surface area contributed by atoms with E-state index >= 15 is 0 Å². The van der Waals surface area contributed by atoms with E-state index in [9.17, 15) is 18.0 Å². The fourth-order valence-electron chi connectivity index (χ4n) is 3.47. The largest absolute Gasteiger partial charge is 0.417 e. The Kier molecular flexibility index (Phi) is 6.14. The van der Waals surface area contributed by atoms with Crippen molar-refractivity contribution in [3.63, 3.8) is 0 Å². The first-order chi connectivity index (χ1) is 13.1. The predicted molar refractivity (Wildman–Crippen MR) is 102 cm³/mol. The van der Waals surface area contributed by atoms with Crippen LogP contribution in [0.3, 0.4) is 0 Å². The SMILES string of the molecule is C[C@@H]1[C@H](C)CCC[C@H]1NC(=O)[C@@H](C)Sc1nnc2c(Cl)cc(C(F)(F)F)cn12. The quantitative estimate of drug-likeness (QED) is 0.700. The molecule has 2 aromatic rings. The zero-order chi connectivity index (χ0) is 20.6. The zero-order valence-electron chi connectivity index (χ0n) is 15.8. The molecule has 2 heterocycles. The van der Waals surface area contributed by atoms with Crippen molar-refractivity contribution in [1.82, 2.24) is 19.9 Å². The number of rotatable bonds is 4. The minimum Gasteiger partial charge on any atom is -0.352 e. The summed E-state index contributed by atoms with van der Waals surface area (Å²) in [6, 6.07) is 0.933. The van der Waals surface area contributed by atoms with Gasteiger partial charge in [0.25, 0.3) is 0 Å². The Morgan fingerprint density at radius 3 is 2.75 bits per heavy atom. The molecule has 2 aromatic heterocycles. The summed E-state index contributed by atoms with van der Waals surface area (Å²) >= 11 is 6.99. The number of fused-ring (bicyclic) bond motifs is 1. The number of carbonyl (C=O) groups is 1. The average molecular weight is 435 g/mol. The van der Waals surface area contributed by atoms with E-state index in [2.05, 4.69) is 29.4 Å². The number of thioether (sulfide) groups is 1. The summed E-state index contributed by atoms with van der Waals surface area (Å²) < 4.78 is 40.4. The summed E-state index contributed by atoms with van der Waals surface area (Å²) in [5.41, 5.74) is -0.770. The molecular formula is C18H22ClF3N4OS. The number of hydrogen-bond acceptors (Lipinski definition) is 4. The molecule has 1 aliphatic carbocycles. The second-order valence-corrected chi connectivity index (χ2v) is 9.11. The van der Waals surface area contributed by atoms with Crippen LogP contribution in [0.2, 0.25) is 5.02 Å². The molecule has 4 atom stereocenters. The Morgan fingerprint density at radius 1 is 1.36 bits per heavy atom. The molecule has 0 saturated heterocycles. The van der Waals surface area contributed by atoms with Crippen LogP contribution in [0, 0.1) is 11.8 Å². The normalized spacial score (nSPS) is 24.3. The van der Waals surface area contributed by atoms with Gasteiger partial charge in [-0.05, 0) is 31.2 Å². The first-order valence-corrected chi connectivity index (χ1v) is 10.4. The van der Waals surface area contributed by atoms with E-state index in [-0.39, 0.29) is 27.8 Å². The van der Waals surface area contributed by atoms with Crippen molar-refractivity contribution in [2.45, 2.75) is 62.7 Å². The topological polar surface area (TPSA) is 59.3 Å². The zero-order valence-corrected chi connectivity index (χ0v) is 17.3. The number of aromatic nitrogens is 3. The Balaban J connectivity index is 1.76. The van der Waals surface area contributed by atoms with Crippen LogP contribution in [0.15, 0.2) is 17.4 Å². The molecule has 5 nitrogen and oxygen atoms in total. The molecule has 3 rings (SSSR count). The maximum atomic E-state index is 13.1. The molecule has 10 heteroatoms. The van der Waals surface area contributed by atoms with Gasteiger partial charge in [0.15, 0.2) is 10.8 Å². The maximum Gasteiger partial charge on any atom is 0.417 e. The van der Waals surface area contributed by atoms with Crippen LogP contribution in [0.5, 0.6) is 0 Å². The number of carbonyl (C=O) groups excluding carboxylic acids is 1. The maximum absolute atomic E-state index is 13.1. The van der Waals surface area contributed by atoms with Gasteiger partial charge in [0.05, 0.1) is 15.8 Å². The highest BCUT2D eigenvalue weighted by Crippen LogP contribution is 2.34. The minimum absolute atomic E-state index is 0.112. The van der Waals surface area contributed by atoms with Crippen LogP contribution in [-0.2, 0) is 11.0 Å². The van der Waals surface area contributed by atoms with Crippen molar-refractivity contribution < 1.29 is 18.0 Å². The van der Waals surface area contributed by atoms with Crippen LogP contribution >= 0.6 is 23.4 Å². The van der Waals surface area contributed by atoms with E-state index in [1.54, 1.807) is 6.92 Å². The van der Waals surface area contributed by atoms with Gasteiger partial charge < -0.3 is 5.32 Å². The molecule has 0 bridgehead atoms. The molecular weight excluding hydrogens is 413 g/mol. The summed E-state index contributed by atoms with van der Waals surface area (Å²) in [5, 5.41) is 10.4. The van der Waals surface area contributed by atoms with Crippen LogP contribution in [0.4, 0.5) is 13.2 Å². The summed E-state index contributed by atoms with van der Waals surface area (Å²) in [6.07, 6.45) is -0.468. The van der Waals surface area contributed by atoms with Gasteiger partial charge in [0.2, 0.25) is 5.91 Å². The number of alkyl halides is 3. The number of hydrogen-bond donors (Lipinski definition) is 1. The van der Waals surface area contributed by atoms with Crippen LogP contribution in [-0.4, -0.2) is 31.8 Å². The third-order valence-corrected chi connectivity index (χ3v) is 6.78. The van der Waals surface area contributed by atoms with Crippen molar-refractivity contribution in [2.75, 3.05) is 0 Å². The van der Waals surface area contributed by atoms with Gasteiger partial charge >= 0.3 is 6.18 Å². The lowest BCUT2D eigenvalue weighted by molar-refractivity contribution is -0.137. The van der Waals surface area contributed by atoms with Crippen LogP contribution < -0.4 is 5.32 Å². The lowest BCUT2D eigenvalue weighted by Crippen LogP contribution is -2.46. The Hall–Kier alpha value is -1.48. The number of nitrogens with zero attached hydrogens (tertiary/aromatic N) is 3. The molecule has 28 heavy (non-hydrogen) atoms. The van der Waals surface area contributed by atoms with E-state index in [0.717, 1.165) is 43.3 Å². The van der Waals surface area contributed by atoms with E-state index in [4.69, 9.17) is 11.6 Å². The third-order valence-electron chi connectivity index (χ3n) is 5.44. The van der Waals surface area contributed by atoms with Gasteiger partial charge in [-0.2, -0.15) is 13.2 Å². The second-order valence-electron chi connectivity index (χ2n) is 7.39. The van der Waals surface area contributed by atoms with Crippen molar-refractivity contribution >= 4 is 34.9 Å². The Labute approximate surface area is 170 Å². The molecule has 1 saturated carbocycles. The molecule has 0 aliphatic heterocycles. The van der Waals surface area contributed by atoms with Crippen LogP contribution in [0.1, 0.15) is 45.6 Å². The minimum atomic E-state index is -4.54. The molecule has 0 spiro atoms. The standard InChI is InChI=1S/C18H22ClF3N4OS/c1-9-5-4-6-14(10(9)2)23-16(27)11(3)28-17-25-24-15-13(19)7-12(8-26(15)17)18(20,21)22/h7-11,14H,4-6H2,1-3H3,(H,23,27)/t9-,10-,11-,14-/m1/s1. The van der Waals surface area contributed by atoms with Crippen molar-refractivity contribution in [1.29, 1.82) is 0 Å². The summed E-state index contributed by atoms with van der Waals surface area (Å²) in [7, 11) is 0. The van der Waals surface area contributed by atoms with Crippen molar-refractivity contribution in [2.24, 2.45) is 11.8 Å². The predicted octanol–water partition coefficient (Wildman–Crippen LogP) is 4.82. The second kappa shape index (κ2) is 8.10. The summed E-state index contributed by atoms with van der Waals surface area (Å²) in [5.74, 6) is 0.771. The van der Waals surface area contributed by atoms with Gasteiger partial charge in [0.1, 0.15) is 0 Å². The van der Waals surface area contributed by atoms with E-state index in [1.165, 1.54) is 4.40 Å². The Morgan fingerprint density at radius 2 is 2.07 bits per heavy atom. The molecule has 1 amide bonds. The van der Waals surface area contributed by atoms with Crippen molar-refractivity contribution in [3.05, 3.63) is 22.8 Å². The number of pyridine rings is 1. The first-order valence-electron chi connectivity index (χ1n) is 9.16. The highest BCUT2D eigenvalue weighted by molar-refractivity contribution is 8.00. The highest BCUT2D eigenvalue weighted by Gasteiger charge is 2.33. The van der Waals surface area contributed by atoms with Gasteiger partial charge in [-0.15, -0.1) is 10.2 Å². The van der Waals surface area contributed by atoms with E-state index in [0.29, 0.717) is 11.8 Å². The smallest absolute Gasteiger partial charge is 0.352 e. The molecule has 1 fully saturated rings. The van der Waals surface area contributed by atoms with Crippen molar-refractivity contribution in [3.8, 4) is 0 Å². The highest BCUT2D eigenvalue weighted by atomic mass is 35.5. The fraction of sp³-hybridized carbons (Fsp3) is 0.611. The Bertz CT molecular complexity index is 872. The molecule has 0 unspecified atom stereocenters. The number of halogens is 4. The average Bonchev–Trinajstić information content (AvgIpc) is 3.01. The molecule has 0 aromatic carbocycles. The van der Waals surface area contributed by atoms with Gasteiger partial charge in [-0.1, -0.05) is 50.1 Å². The van der Waals surface area contributed by atoms with E-state index in [1.807, 2.05) is 0 Å². The summed E-state index contributed by atoms with van der Waals surface area (Å²) in [6.45, 7) is 6.03. The van der Waals surface area contributed by atoms with Gasteiger partial charge in [0, 0.05) is 12.2 Å². The van der Waals surface area contributed by atoms with Gasteiger partial charge in [-0.3, -0.25) is 9.20 Å². The molecule has 1 N–H and O–H groups in total. The first kappa shape index (κ1) is 21.2. The number of nitrogens with one attached hydrogen (secondary N) is 1. The summed E-state index contributed by atoms with van der Waals surface area (Å²) in [4.78, 5) is 12.6. The lowest BCUT2D eigenvalue weighted by atomic mass is 9.78. The molecule has 154 valence electrons. The molecule has 1 aliphatic rings. The van der Waals surface area contributed by atoms with Crippen LogP contribution in [0.25, 0.3) is 5.65 Å². The fourth-order valence-corrected chi connectivity index (χ4v) is 4.54. The van der Waals surface area contributed by atoms with E-state index < -0.39 is 17.0 Å². The van der Waals surface area contributed by atoms with Gasteiger partial charge in [-0.25, -0.2) is 0 Å².